The van der Waals surface area contributed by atoms with Crippen molar-refractivity contribution in [1.29, 1.82) is 0 Å². The Kier molecular flexibility index (Phi) is 4.71. The van der Waals surface area contributed by atoms with E-state index < -0.39 is 6.09 Å². The summed E-state index contributed by atoms with van der Waals surface area (Å²) in [6.45, 7) is 0.496. The smallest absolute Gasteiger partial charge is 0.415 e. The molecule has 2 aromatic carbocycles. The van der Waals surface area contributed by atoms with Gasteiger partial charge in [0.05, 0.1) is 7.11 Å². The molecule has 1 N–H and O–H groups in total. The largest absolute Gasteiger partial charge is 0.489 e. The van der Waals surface area contributed by atoms with E-state index in [1.54, 1.807) is 0 Å². The van der Waals surface area contributed by atoms with Crippen LogP contribution in [0.4, 0.5) is 10.8 Å². The normalized spacial score (nSPS) is 10.2. The molecular weight excluding hydrogens is 310 g/mol. The van der Waals surface area contributed by atoms with Gasteiger partial charge in [0, 0.05) is 5.56 Å². The third-order valence-electron chi connectivity index (χ3n) is 3.18. The zero-order valence-corrected chi connectivity index (χ0v) is 12.9. The lowest BCUT2D eigenvalue weighted by Gasteiger charge is -2.06. The maximum absolute atomic E-state index is 11.1. The van der Waals surface area contributed by atoms with Crippen molar-refractivity contribution in [3.05, 3.63) is 60.2 Å². The molecule has 3 rings (SSSR count). The summed E-state index contributed by atoms with van der Waals surface area (Å²) in [6, 6.07) is 17.2. The highest BCUT2D eigenvalue weighted by atomic mass is 16.5. The summed E-state index contributed by atoms with van der Waals surface area (Å²) in [5.74, 6) is 1.09. The fraction of sp³-hybridized carbons (Fsp3) is 0.118. The molecule has 0 spiro atoms. The number of hydrogen-bond donors (Lipinski definition) is 1. The van der Waals surface area contributed by atoms with Gasteiger partial charge in [0.25, 0.3) is 0 Å². The highest BCUT2D eigenvalue weighted by Gasteiger charge is 2.11. The van der Waals surface area contributed by atoms with Gasteiger partial charge in [-0.25, -0.2) is 10.1 Å². The average Bonchev–Trinajstić information content (AvgIpc) is 3.09. The summed E-state index contributed by atoms with van der Waals surface area (Å²) in [4.78, 5) is 15.1. The number of nitrogens with zero attached hydrogens (tertiary/aromatic N) is 2. The molecule has 1 amide bonds. The van der Waals surface area contributed by atoms with Gasteiger partial charge in [0.1, 0.15) is 12.4 Å². The number of rotatable bonds is 5. The average molecular weight is 325 g/mol. The number of amides is 1. The van der Waals surface area contributed by atoms with Crippen molar-refractivity contribution in [2.45, 2.75) is 6.61 Å². The van der Waals surface area contributed by atoms with Gasteiger partial charge in [0.2, 0.25) is 5.82 Å². The topological polar surface area (TPSA) is 86.5 Å². The summed E-state index contributed by atoms with van der Waals surface area (Å²) >= 11 is 0. The Balaban J connectivity index is 1.63. The van der Waals surface area contributed by atoms with Crippen molar-refractivity contribution in [3.63, 3.8) is 0 Å². The molecule has 0 aliphatic rings. The van der Waals surface area contributed by atoms with E-state index >= 15 is 0 Å². The Labute approximate surface area is 138 Å². The van der Waals surface area contributed by atoms with Crippen molar-refractivity contribution >= 4 is 12.1 Å². The molecule has 0 bridgehead atoms. The number of nitrogens with one attached hydrogen (secondary N) is 1. The molecule has 3 aromatic rings. The van der Waals surface area contributed by atoms with Gasteiger partial charge in [-0.3, -0.25) is 0 Å². The minimum absolute atomic E-state index is 0.0266. The fourth-order valence-electron chi connectivity index (χ4n) is 1.97. The first-order valence-electron chi connectivity index (χ1n) is 7.20. The number of aromatic nitrogens is 2. The molecule has 1 heterocycles. The SMILES string of the molecule is COC(=O)Nc1nc(-c2ccc(OCc3ccccc3)cc2)no1. The third kappa shape index (κ3) is 3.89. The lowest BCUT2D eigenvalue weighted by molar-refractivity contribution is 0.185. The minimum Gasteiger partial charge on any atom is -0.489 e. The van der Waals surface area contributed by atoms with E-state index in [1.807, 2.05) is 54.6 Å². The standard InChI is InChI=1S/C17H15N3O4/c1-22-17(21)19-16-18-15(20-24-16)13-7-9-14(10-8-13)23-11-12-5-3-2-4-6-12/h2-10H,11H2,1H3,(H,18,19,20,21). The summed E-state index contributed by atoms with van der Waals surface area (Å²) in [6.07, 6.45) is -0.671. The van der Waals surface area contributed by atoms with Crippen molar-refractivity contribution in [1.82, 2.24) is 10.1 Å². The predicted molar refractivity (Wildman–Crippen MR) is 86.5 cm³/mol. The van der Waals surface area contributed by atoms with E-state index in [0.717, 1.165) is 16.9 Å². The number of ether oxygens (including phenoxy) is 2. The van der Waals surface area contributed by atoms with Crippen molar-refractivity contribution in [3.8, 4) is 17.1 Å². The van der Waals surface area contributed by atoms with Gasteiger partial charge in [0.15, 0.2) is 0 Å². The summed E-state index contributed by atoms with van der Waals surface area (Å²) in [7, 11) is 1.25. The summed E-state index contributed by atoms with van der Waals surface area (Å²) < 4.78 is 15.1. The van der Waals surface area contributed by atoms with E-state index in [2.05, 4.69) is 20.2 Å². The van der Waals surface area contributed by atoms with Crippen LogP contribution in [0.3, 0.4) is 0 Å². The molecule has 24 heavy (non-hydrogen) atoms. The zero-order chi connectivity index (χ0) is 16.8. The Morgan fingerprint density at radius 2 is 1.88 bits per heavy atom. The van der Waals surface area contributed by atoms with Crippen LogP contribution in [0.25, 0.3) is 11.4 Å². The first kappa shape index (κ1) is 15.5. The summed E-state index contributed by atoms with van der Waals surface area (Å²) in [5, 5.41) is 6.11. The first-order chi connectivity index (χ1) is 11.7. The molecule has 7 heteroatoms. The van der Waals surface area contributed by atoms with Crippen LogP contribution in [0.15, 0.2) is 59.1 Å². The first-order valence-corrected chi connectivity index (χ1v) is 7.20. The van der Waals surface area contributed by atoms with Gasteiger partial charge in [-0.15, -0.1) is 0 Å². The predicted octanol–water partition coefficient (Wildman–Crippen LogP) is 3.49. The number of anilines is 1. The molecule has 0 aliphatic carbocycles. The Hall–Kier alpha value is -3.35. The molecule has 0 saturated carbocycles. The van der Waals surface area contributed by atoms with E-state index in [-0.39, 0.29) is 6.01 Å². The van der Waals surface area contributed by atoms with Crippen LogP contribution in [0.1, 0.15) is 5.56 Å². The van der Waals surface area contributed by atoms with Crippen molar-refractivity contribution in [2.75, 3.05) is 12.4 Å². The summed E-state index contributed by atoms with van der Waals surface area (Å²) in [5.41, 5.74) is 1.84. The van der Waals surface area contributed by atoms with E-state index in [1.165, 1.54) is 7.11 Å². The molecule has 0 atom stereocenters. The molecule has 0 fully saturated rings. The Morgan fingerprint density at radius 1 is 1.12 bits per heavy atom. The fourth-order valence-corrected chi connectivity index (χ4v) is 1.97. The van der Waals surface area contributed by atoms with Gasteiger partial charge in [-0.05, 0) is 29.8 Å². The van der Waals surface area contributed by atoms with E-state index in [0.29, 0.717) is 12.4 Å². The van der Waals surface area contributed by atoms with Crippen LogP contribution in [-0.2, 0) is 11.3 Å². The maximum atomic E-state index is 11.1. The maximum Gasteiger partial charge on any atom is 0.415 e. The highest BCUT2D eigenvalue weighted by molar-refractivity contribution is 5.81. The molecule has 1 aromatic heterocycles. The lowest BCUT2D eigenvalue weighted by Crippen LogP contribution is -2.10. The third-order valence-corrected chi connectivity index (χ3v) is 3.18. The number of benzene rings is 2. The van der Waals surface area contributed by atoms with Crippen molar-refractivity contribution < 1.29 is 18.8 Å². The number of methoxy groups -OCH3 is 1. The second-order valence-corrected chi connectivity index (χ2v) is 4.84. The molecule has 0 radical (unpaired) electrons. The van der Waals surface area contributed by atoms with Gasteiger partial charge in [-0.2, -0.15) is 4.98 Å². The van der Waals surface area contributed by atoms with E-state index in [9.17, 15) is 4.79 Å². The molecular formula is C17H15N3O4. The lowest BCUT2D eigenvalue weighted by atomic mass is 10.2. The van der Waals surface area contributed by atoms with Crippen molar-refractivity contribution in [2.24, 2.45) is 0 Å². The van der Waals surface area contributed by atoms with Gasteiger partial charge in [-0.1, -0.05) is 35.5 Å². The van der Waals surface area contributed by atoms with Gasteiger partial charge < -0.3 is 14.0 Å². The Bertz CT molecular complexity index is 800. The quantitative estimate of drug-likeness (QED) is 0.772. The number of carbonyl (C=O) groups excluding carboxylic acids is 1. The minimum atomic E-state index is -0.671. The molecule has 122 valence electrons. The number of hydrogen-bond acceptors (Lipinski definition) is 6. The zero-order valence-electron chi connectivity index (χ0n) is 12.9. The van der Waals surface area contributed by atoms with Crippen LogP contribution in [0.2, 0.25) is 0 Å². The second kappa shape index (κ2) is 7.28. The molecule has 7 nitrogen and oxygen atoms in total. The van der Waals surface area contributed by atoms with Crippen LogP contribution in [0.5, 0.6) is 5.75 Å². The molecule has 0 saturated heterocycles. The molecule has 0 aliphatic heterocycles. The molecule has 0 unspecified atom stereocenters. The van der Waals surface area contributed by atoms with Crippen LogP contribution >= 0.6 is 0 Å². The van der Waals surface area contributed by atoms with Crippen LogP contribution in [0, 0.1) is 0 Å². The number of carbonyl (C=O) groups is 1. The van der Waals surface area contributed by atoms with Gasteiger partial charge >= 0.3 is 12.1 Å². The van der Waals surface area contributed by atoms with Crippen LogP contribution < -0.4 is 10.1 Å². The highest BCUT2D eigenvalue weighted by Crippen LogP contribution is 2.21. The monoisotopic (exact) mass is 325 g/mol. The second-order valence-electron chi connectivity index (χ2n) is 4.84. The Morgan fingerprint density at radius 3 is 2.58 bits per heavy atom. The van der Waals surface area contributed by atoms with E-state index in [4.69, 9.17) is 9.26 Å². The van der Waals surface area contributed by atoms with Crippen LogP contribution in [-0.4, -0.2) is 23.3 Å².